The maximum Gasteiger partial charge on any atom is 0.254 e. The lowest BCUT2D eigenvalue weighted by atomic mass is 9.90. The van der Waals surface area contributed by atoms with Crippen LogP contribution in [0.2, 0.25) is 0 Å². The molecule has 3 rings (SSSR count). The lowest BCUT2D eigenvalue weighted by Gasteiger charge is -2.33. The predicted octanol–water partition coefficient (Wildman–Crippen LogP) is 3.04. The third-order valence-corrected chi connectivity index (χ3v) is 5.32. The first-order chi connectivity index (χ1) is 12.9. The summed E-state index contributed by atoms with van der Waals surface area (Å²) in [5.74, 6) is 1.35. The van der Waals surface area contributed by atoms with Gasteiger partial charge in [0.1, 0.15) is 0 Å². The van der Waals surface area contributed by atoms with E-state index >= 15 is 0 Å². The van der Waals surface area contributed by atoms with E-state index in [9.17, 15) is 4.79 Å². The van der Waals surface area contributed by atoms with Gasteiger partial charge in [0.2, 0.25) is 0 Å². The summed E-state index contributed by atoms with van der Waals surface area (Å²) >= 11 is 0. The molecule has 1 aromatic heterocycles. The molecule has 0 fully saturated rings. The van der Waals surface area contributed by atoms with Gasteiger partial charge in [-0.05, 0) is 56.4 Å². The summed E-state index contributed by atoms with van der Waals surface area (Å²) in [6.45, 7) is 3.35. The maximum absolute atomic E-state index is 12.9. The molecule has 0 radical (unpaired) electrons. The number of hydrogen-bond acceptors (Lipinski definition) is 5. The van der Waals surface area contributed by atoms with Crippen LogP contribution in [0.15, 0.2) is 35.1 Å². The average Bonchev–Trinajstić information content (AvgIpc) is 3.19. The number of aryl methyl sites for hydroxylation is 1. The number of hydrogen-bond donors (Lipinski definition) is 1. The van der Waals surface area contributed by atoms with Gasteiger partial charge in [0.25, 0.3) is 5.91 Å². The van der Waals surface area contributed by atoms with Crippen molar-refractivity contribution in [2.45, 2.75) is 38.1 Å². The van der Waals surface area contributed by atoms with Gasteiger partial charge in [-0.15, -0.1) is 0 Å². The number of carbonyl (C=O) groups excluding carboxylic acids is 1. The van der Waals surface area contributed by atoms with Crippen LogP contribution in [-0.4, -0.2) is 43.7 Å². The molecule has 1 amide bonds. The second-order valence-corrected chi connectivity index (χ2v) is 7.41. The highest BCUT2D eigenvalue weighted by atomic mass is 16.5. The fourth-order valence-electron chi connectivity index (χ4n) is 3.55. The molecule has 6 heteroatoms. The fraction of sp³-hybridized carbons (Fsp3) is 0.476. The molecular formula is C21H28N2O4. The molecule has 0 spiro atoms. The van der Waals surface area contributed by atoms with E-state index in [2.05, 4.69) is 0 Å². The lowest BCUT2D eigenvalue weighted by Crippen LogP contribution is -2.44. The quantitative estimate of drug-likeness (QED) is 0.771. The molecule has 2 aromatic rings. The molecule has 0 saturated heterocycles. The SMILES string of the molecule is COc1ccc2c(c1OC)CCN(CCC(C)(N)CCc1ccoc1)C2=O. The molecule has 1 unspecified atom stereocenters. The van der Waals surface area contributed by atoms with Crippen molar-refractivity contribution in [3.8, 4) is 11.5 Å². The zero-order valence-corrected chi connectivity index (χ0v) is 16.3. The van der Waals surface area contributed by atoms with Gasteiger partial charge in [-0.2, -0.15) is 0 Å². The second-order valence-electron chi connectivity index (χ2n) is 7.41. The average molecular weight is 372 g/mol. The minimum Gasteiger partial charge on any atom is -0.493 e. The van der Waals surface area contributed by atoms with Gasteiger partial charge in [0, 0.05) is 29.8 Å². The summed E-state index contributed by atoms with van der Waals surface area (Å²) in [7, 11) is 3.21. The van der Waals surface area contributed by atoms with Crippen LogP contribution in [0.3, 0.4) is 0 Å². The number of rotatable bonds is 8. The Morgan fingerprint density at radius 2 is 2.04 bits per heavy atom. The largest absolute Gasteiger partial charge is 0.493 e. The van der Waals surface area contributed by atoms with Crippen LogP contribution >= 0.6 is 0 Å². The zero-order chi connectivity index (χ0) is 19.4. The molecule has 1 aromatic carbocycles. The monoisotopic (exact) mass is 372 g/mol. The first-order valence-electron chi connectivity index (χ1n) is 9.28. The molecule has 146 valence electrons. The summed E-state index contributed by atoms with van der Waals surface area (Å²) in [5.41, 5.74) is 8.90. The molecule has 1 aliphatic heterocycles. The summed E-state index contributed by atoms with van der Waals surface area (Å²) in [6.07, 6.45) is 6.64. The number of nitrogens with two attached hydrogens (primary N) is 1. The highest BCUT2D eigenvalue weighted by Gasteiger charge is 2.29. The van der Waals surface area contributed by atoms with Crippen LogP contribution in [0.5, 0.6) is 11.5 Å². The Balaban J connectivity index is 1.63. The van der Waals surface area contributed by atoms with Gasteiger partial charge in [-0.1, -0.05) is 0 Å². The third-order valence-electron chi connectivity index (χ3n) is 5.32. The highest BCUT2D eigenvalue weighted by molar-refractivity contribution is 5.97. The van der Waals surface area contributed by atoms with Crippen molar-refractivity contribution in [1.82, 2.24) is 4.90 Å². The van der Waals surface area contributed by atoms with Gasteiger partial charge >= 0.3 is 0 Å². The predicted molar refractivity (Wildman–Crippen MR) is 103 cm³/mol. The normalized spacial score (nSPS) is 16.0. The standard InChI is InChI=1S/C21H28N2O4/c1-21(22,9-6-15-8-13-27-14-15)10-12-23-11-7-16-17(20(23)24)4-5-18(25-2)19(16)26-3/h4-5,8,13-14H,6-7,9-12,22H2,1-3H3. The molecule has 27 heavy (non-hydrogen) atoms. The Labute approximate surface area is 160 Å². The highest BCUT2D eigenvalue weighted by Crippen LogP contribution is 2.36. The van der Waals surface area contributed by atoms with Crippen molar-refractivity contribution >= 4 is 5.91 Å². The van der Waals surface area contributed by atoms with Crippen LogP contribution in [0.4, 0.5) is 0 Å². The Morgan fingerprint density at radius 1 is 1.22 bits per heavy atom. The first kappa shape index (κ1) is 19.3. The van der Waals surface area contributed by atoms with Gasteiger partial charge in [-0.3, -0.25) is 4.79 Å². The number of nitrogens with zero attached hydrogens (tertiary/aromatic N) is 1. The van der Waals surface area contributed by atoms with E-state index in [0.717, 1.165) is 36.8 Å². The van der Waals surface area contributed by atoms with Gasteiger partial charge in [0.15, 0.2) is 11.5 Å². The smallest absolute Gasteiger partial charge is 0.254 e. The van der Waals surface area contributed by atoms with Crippen LogP contribution in [-0.2, 0) is 12.8 Å². The summed E-state index contributed by atoms with van der Waals surface area (Å²) in [5, 5.41) is 0. The number of methoxy groups -OCH3 is 2. The topological polar surface area (TPSA) is 77.9 Å². The van der Waals surface area contributed by atoms with Crippen molar-refractivity contribution in [1.29, 1.82) is 0 Å². The maximum atomic E-state index is 12.9. The fourth-order valence-corrected chi connectivity index (χ4v) is 3.55. The number of ether oxygens (including phenoxy) is 2. The molecule has 0 aliphatic carbocycles. The first-order valence-corrected chi connectivity index (χ1v) is 9.28. The zero-order valence-electron chi connectivity index (χ0n) is 16.3. The van der Waals surface area contributed by atoms with Gasteiger partial charge in [-0.25, -0.2) is 0 Å². The molecule has 0 bridgehead atoms. The Hall–Kier alpha value is -2.47. The molecule has 2 heterocycles. The molecule has 6 nitrogen and oxygen atoms in total. The van der Waals surface area contributed by atoms with E-state index in [1.165, 1.54) is 0 Å². The van der Waals surface area contributed by atoms with Crippen molar-refractivity contribution in [3.05, 3.63) is 47.4 Å². The van der Waals surface area contributed by atoms with E-state index < -0.39 is 0 Å². The molecule has 2 N–H and O–H groups in total. The molecule has 0 saturated carbocycles. The van der Waals surface area contributed by atoms with Crippen LogP contribution < -0.4 is 15.2 Å². The van der Waals surface area contributed by atoms with Crippen molar-refractivity contribution in [2.24, 2.45) is 5.73 Å². The van der Waals surface area contributed by atoms with E-state index in [1.54, 1.807) is 32.8 Å². The van der Waals surface area contributed by atoms with Crippen LogP contribution in [0.25, 0.3) is 0 Å². The van der Waals surface area contributed by atoms with E-state index in [-0.39, 0.29) is 11.4 Å². The third kappa shape index (κ3) is 4.27. The van der Waals surface area contributed by atoms with Crippen molar-refractivity contribution in [3.63, 3.8) is 0 Å². The van der Waals surface area contributed by atoms with Crippen molar-refractivity contribution < 1.29 is 18.7 Å². The van der Waals surface area contributed by atoms with E-state index in [0.29, 0.717) is 30.2 Å². The Bertz CT molecular complexity index is 784. The Morgan fingerprint density at radius 3 is 2.70 bits per heavy atom. The van der Waals surface area contributed by atoms with Gasteiger partial charge in [0.05, 0.1) is 26.7 Å². The number of furan rings is 1. The molecule has 1 aliphatic rings. The second kappa shape index (κ2) is 8.05. The number of fused-ring (bicyclic) bond motifs is 1. The summed E-state index contributed by atoms with van der Waals surface area (Å²) < 4.78 is 15.9. The lowest BCUT2D eigenvalue weighted by molar-refractivity contribution is 0.0725. The molecular weight excluding hydrogens is 344 g/mol. The van der Waals surface area contributed by atoms with Gasteiger partial charge < -0.3 is 24.5 Å². The van der Waals surface area contributed by atoms with Crippen LogP contribution in [0, 0.1) is 0 Å². The Kier molecular flexibility index (Phi) is 5.75. The van der Waals surface area contributed by atoms with E-state index in [1.807, 2.05) is 24.0 Å². The minimum atomic E-state index is -0.338. The number of amides is 1. The summed E-state index contributed by atoms with van der Waals surface area (Å²) in [6, 6.07) is 5.57. The summed E-state index contributed by atoms with van der Waals surface area (Å²) in [4.78, 5) is 14.8. The number of benzene rings is 1. The minimum absolute atomic E-state index is 0.0304. The number of carbonyl (C=O) groups is 1. The van der Waals surface area contributed by atoms with E-state index in [4.69, 9.17) is 19.6 Å². The van der Waals surface area contributed by atoms with Crippen LogP contribution in [0.1, 0.15) is 41.3 Å². The van der Waals surface area contributed by atoms with Crippen molar-refractivity contribution in [2.75, 3.05) is 27.3 Å². The molecule has 1 atom stereocenters.